The Morgan fingerprint density at radius 1 is 1.21 bits per heavy atom. The predicted octanol–water partition coefficient (Wildman–Crippen LogP) is 5.03. The van der Waals surface area contributed by atoms with Crippen molar-refractivity contribution in [3.05, 3.63) is 69.4 Å². The van der Waals surface area contributed by atoms with E-state index in [0.29, 0.717) is 16.0 Å². The number of thiophene rings is 1. The van der Waals surface area contributed by atoms with Crippen molar-refractivity contribution >= 4 is 51.2 Å². The molecule has 1 aromatic carbocycles. The van der Waals surface area contributed by atoms with Gasteiger partial charge < -0.3 is 0 Å². The average molecular weight is 446 g/mol. The molecule has 1 amide bonds. The van der Waals surface area contributed by atoms with Gasteiger partial charge in [-0.15, -0.1) is 27.8 Å². The number of nitrogens with zero attached hydrogens (tertiary/aromatic N) is 4. The van der Waals surface area contributed by atoms with Crippen molar-refractivity contribution < 1.29 is 9.18 Å². The van der Waals surface area contributed by atoms with Crippen LogP contribution in [0.2, 0.25) is 0 Å². The fourth-order valence-electron chi connectivity index (χ4n) is 2.64. The number of thiazole rings is 1. The molecule has 0 bridgehead atoms. The van der Waals surface area contributed by atoms with Crippen LogP contribution in [0, 0.1) is 5.82 Å². The van der Waals surface area contributed by atoms with E-state index < -0.39 is 5.82 Å². The first-order valence-corrected chi connectivity index (χ1v) is 11.4. The van der Waals surface area contributed by atoms with Gasteiger partial charge in [0.2, 0.25) is 11.1 Å². The molecule has 148 valence electrons. The van der Waals surface area contributed by atoms with Crippen LogP contribution >= 0.6 is 34.4 Å². The Morgan fingerprint density at radius 2 is 2.07 bits per heavy atom. The van der Waals surface area contributed by atoms with Gasteiger partial charge in [0.25, 0.3) is 0 Å². The maximum atomic E-state index is 14.2. The number of carbonyl (C=O) groups is 1. The number of aromatic nitrogens is 4. The number of aromatic amines is 1. The molecule has 1 N–H and O–H groups in total. The van der Waals surface area contributed by atoms with Crippen LogP contribution in [0.1, 0.15) is 23.3 Å². The van der Waals surface area contributed by atoms with E-state index in [4.69, 9.17) is 0 Å². The fourth-order valence-corrected chi connectivity index (χ4v) is 5.05. The lowest BCUT2D eigenvalue weighted by Crippen LogP contribution is -2.23. The SMILES string of the molecule is CC(=O)N(c1nc(CSc2n[nH]c(Cc3cccs3)n2)cs1)c1ccccc1F. The van der Waals surface area contributed by atoms with Crippen LogP contribution < -0.4 is 4.90 Å². The van der Waals surface area contributed by atoms with Crippen LogP contribution in [0.3, 0.4) is 0 Å². The quantitative estimate of drug-likeness (QED) is 0.404. The molecule has 0 atom stereocenters. The standard InChI is InChI=1S/C19H16FN5OS3/c1-12(26)25(16-7-3-2-6-15(16)20)19-21-13(11-29-19)10-28-18-22-17(23-24-18)9-14-5-4-8-27-14/h2-8,11H,9-10H2,1H3,(H,22,23,24). The van der Waals surface area contributed by atoms with Gasteiger partial charge in [-0.25, -0.2) is 14.4 Å². The monoisotopic (exact) mass is 445 g/mol. The molecule has 4 aromatic rings. The van der Waals surface area contributed by atoms with Crippen LogP contribution in [-0.2, 0) is 17.0 Å². The first-order chi connectivity index (χ1) is 14.1. The van der Waals surface area contributed by atoms with Gasteiger partial charge in [0.1, 0.15) is 11.6 Å². The predicted molar refractivity (Wildman–Crippen MR) is 114 cm³/mol. The lowest BCUT2D eigenvalue weighted by atomic mass is 10.3. The van der Waals surface area contributed by atoms with Crippen molar-refractivity contribution in [3.63, 3.8) is 0 Å². The summed E-state index contributed by atoms with van der Waals surface area (Å²) >= 11 is 4.44. The number of thioether (sulfide) groups is 1. The zero-order valence-corrected chi connectivity index (χ0v) is 17.8. The van der Waals surface area contributed by atoms with E-state index in [1.165, 1.54) is 45.9 Å². The molecule has 3 heterocycles. The van der Waals surface area contributed by atoms with Gasteiger partial charge in [0, 0.05) is 29.4 Å². The Hall–Kier alpha value is -2.56. The van der Waals surface area contributed by atoms with Gasteiger partial charge in [-0.1, -0.05) is 30.0 Å². The van der Waals surface area contributed by atoms with Crippen LogP contribution in [0.15, 0.2) is 52.3 Å². The van der Waals surface area contributed by atoms with Crippen molar-refractivity contribution in [3.8, 4) is 0 Å². The number of carbonyl (C=O) groups excluding carboxylic acids is 1. The number of halogens is 1. The second-order valence-electron chi connectivity index (χ2n) is 6.04. The van der Waals surface area contributed by atoms with Crippen LogP contribution in [0.5, 0.6) is 0 Å². The van der Waals surface area contributed by atoms with Crippen LogP contribution in [0.4, 0.5) is 15.2 Å². The number of amides is 1. The number of hydrogen-bond donors (Lipinski definition) is 1. The number of hydrogen-bond acceptors (Lipinski definition) is 7. The lowest BCUT2D eigenvalue weighted by Gasteiger charge is -2.18. The Bertz CT molecular complexity index is 1110. The zero-order valence-electron chi connectivity index (χ0n) is 15.3. The minimum absolute atomic E-state index is 0.195. The molecule has 0 aliphatic carbocycles. The van der Waals surface area contributed by atoms with E-state index in [0.717, 1.165) is 17.9 Å². The van der Waals surface area contributed by atoms with E-state index in [1.54, 1.807) is 29.5 Å². The number of benzene rings is 1. The number of H-pyrrole nitrogens is 1. The van der Waals surface area contributed by atoms with Gasteiger partial charge >= 0.3 is 0 Å². The van der Waals surface area contributed by atoms with Crippen molar-refractivity contribution in [1.82, 2.24) is 20.2 Å². The highest BCUT2D eigenvalue weighted by molar-refractivity contribution is 7.98. The first kappa shape index (κ1) is 19.7. The molecule has 0 radical (unpaired) electrons. The summed E-state index contributed by atoms with van der Waals surface area (Å²) in [4.78, 5) is 23.6. The topological polar surface area (TPSA) is 74.8 Å². The van der Waals surface area contributed by atoms with E-state index in [2.05, 4.69) is 26.2 Å². The van der Waals surface area contributed by atoms with Crippen molar-refractivity contribution in [2.45, 2.75) is 24.3 Å². The fraction of sp³-hybridized carbons (Fsp3) is 0.158. The summed E-state index contributed by atoms with van der Waals surface area (Å²) in [5.41, 5.74) is 0.975. The first-order valence-electron chi connectivity index (χ1n) is 8.66. The highest BCUT2D eigenvalue weighted by Crippen LogP contribution is 2.32. The Labute approximate surface area is 178 Å². The van der Waals surface area contributed by atoms with Gasteiger partial charge in [0.05, 0.1) is 11.4 Å². The molecule has 0 aliphatic rings. The minimum atomic E-state index is -0.465. The highest BCUT2D eigenvalue weighted by atomic mass is 32.2. The third-order valence-electron chi connectivity index (χ3n) is 3.92. The molecule has 6 nitrogen and oxygen atoms in total. The van der Waals surface area contributed by atoms with Crippen LogP contribution in [-0.4, -0.2) is 26.1 Å². The van der Waals surface area contributed by atoms with Gasteiger partial charge in [-0.05, 0) is 23.6 Å². The third-order valence-corrected chi connectivity index (χ3v) is 6.55. The molecular weight excluding hydrogens is 429 g/mol. The summed E-state index contributed by atoms with van der Waals surface area (Å²) in [5, 5.41) is 12.2. The van der Waals surface area contributed by atoms with Gasteiger partial charge in [-0.3, -0.25) is 14.8 Å². The molecule has 4 rings (SSSR count). The molecule has 0 aliphatic heterocycles. The van der Waals surface area contributed by atoms with E-state index >= 15 is 0 Å². The summed E-state index contributed by atoms with van der Waals surface area (Å²) in [6.07, 6.45) is 0.724. The second kappa shape index (κ2) is 8.85. The summed E-state index contributed by atoms with van der Waals surface area (Å²) in [7, 11) is 0. The third kappa shape index (κ3) is 4.72. The molecular formula is C19H16FN5OS3. The van der Waals surface area contributed by atoms with E-state index in [9.17, 15) is 9.18 Å². The molecule has 10 heteroatoms. The number of para-hydroxylation sites is 1. The Kier molecular flexibility index (Phi) is 6.02. The van der Waals surface area contributed by atoms with Crippen molar-refractivity contribution in [2.75, 3.05) is 4.90 Å². The van der Waals surface area contributed by atoms with Crippen molar-refractivity contribution in [1.29, 1.82) is 0 Å². The second-order valence-corrected chi connectivity index (χ2v) is 8.85. The zero-order chi connectivity index (χ0) is 20.2. The van der Waals surface area contributed by atoms with Crippen LogP contribution in [0.25, 0.3) is 0 Å². The molecule has 0 fully saturated rings. The number of nitrogens with one attached hydrogen (secondary N) is 1. The normalized spacial score (nSPS) is 11.0. The summed E-state index contributed by atoms with van der Waals surface area (Å²) in [5.74, 6) is 0.607. The molecule has 3 aromatic heterocycles. The summed E-state index contributed by atoms with van der Waals surface area (Å²) in [6.45, 7) is 1.39. The summed E-state index contributed by atoms with van der Waals surface area (Å²) in [6, 6.07) is 10.2. The molecule has 29 heavy (non-hydrogen) atoms. The van der Waals surface area contributed by atoms with Gasteiger partial charge in [0.15, 0.2) is 5.13 Å². The minimum Gasteiger partial charge on any atom is -0.274 e. The maximum absolute atomic E-state index is 14.2. The molecule has 0 saturated heterocycles. The largest absolute Gasteiger partial charge is 0.274 e. The number of rotatable bonds is 7. The Morgan fingerprint density at radius 3 is 2.83 bits per heavy atom. The molecule has 0 spiro atoms. The molecule has 0 saturated carbocycles. The lowest BCUT2D eigenvalue weighted by molar-refractivity contribution is -0.115. The Balaban J connectivity index is 1.43. The highest BCUT2D eigenvalue weighted by Gasteiger charge is 2.21. The molecule has 0 unspecified atom stereocenters. The van der Waals surface area contributed by atoms with Gasteiger partial charge in [-0.2, -0.15) is 0 Å². The number of anilines is 2. The average Bonchev–Trinajstić information content (AvgIpc) is 3.45. The summed E-state index contributed by atoms with van der Waals surface area (Å²) < 4.78 is 14.2. The maximum Gasteiger partial charge on any atom is 0.230 e. The van der Waals surface area contributed by atoms with E-state index in [1.807, 2.05) is 16.8 Å². The smallest absolute Gasteiger partial charge is 0.230 e. The van der Waals surface area contributed by atoms with E-state index in [-0.39, 0.29) is 11.6 Å². The van der Waals surface area contributed by atoms with Crippen molar-refractivity contribution in [2.24, 2.45) is 0 Å².